The molecule has 4 rings (SSSR count). The fraction of sp³-hybridized carbons (Fsp3) is 0.550. The highest BCUT2D eigenvalue weighted by Gasteiger charge is 2.50. The number of fused-ring (bicyclic) bond motifs is 2. The summed E-state index contributed by atoms with van der Waals surface area (Å²) in [5, 5.41) is 11.0. The van der Waals surface area contributed by atoms with Crippen molar-refractivity contribution in [1.29, 1.82) is 0 Å². The Morgan fingerprint density at radius 3 is 2.81 bits per heavy atom. The molecule has 1 aromatic heterocycles. The Morgan fingerprint density at radius 2 is 2.07 bits per heavy atom. The summed E-state index contributed by atoms with van der Waals surface area (Å²) in [4.78, 5) is 32.8. The van der Waals surface area contributed by atoms with Gasteiger partial charge in [-0.25, -0.2) is 4.98 Å². The van der Waals surface area contributed by atoms with Crippen LogP contribution in [-0.2, 0) is 16.0 Å². The van der Waals surface area contributed by atoms with Crippen LogP contribution in [0.3, 0.4) is 0 Å². The van der Waals surface area contributed by atoms with Gasteiger partial charge in [-0.1, -0.05) is 12.1 Å². The molecule has 0 spiro atoms. The topological polar surface area (TPSA) is 73.7 Å². The molecule has 0 aliphatic carbocycles. The molecule has 0 radical (unpaired) electrons. The molecule has 2 atom stereocenters. The molecule has 2 aromatic rings. The van der Waals surface area contributed by atoms with Crippen molar-refractivity contribution < 1.29 is 14.7 Å². The number of carbonyl (C=O) groups excluding carboxylic acids is 2. The average Bonchev–Trinajstić information content (AvgIpc) is 3.26. The van der Waals surface area contributed by atoms with Gasteiger partial charge in [-0.15, -0.1) is 11.3 Å². The van der Waals surface area contributed by atoms with Gasteiger partial charge in [-0.3, -0.25) is 9.59 Å². The van der Waals surface area contributed by atoms with Gasteiger partial charge in [-0.2, -0.15) is 0 Å². The maximum atomic E-state index is 12.8. The minimum atomic E-state index is -0.366. The largest absolute Gasteiger partial charge is 0.396 e. The van der Waals surface area contributed by atoms with E-state index in [4.69, 9.17) is 0 Å². The van der Waals surface area contributed by atoms with Crippen LogP contribution >= 0.6 is 11.3 Å². The van der Waals surface area contributed by atoms with Gasteiger partial charge in [0.2, 0.25) is 11.8 Å². The van der Waals surface area contributed by atoms with Crippen LogP contribution in [0, 0.1) is 11.3 Å². The van der Waals surface area contributed by atoms with Crippen LogP contribution in [0.25, 0.3) is 10.2 Å². The molecule has 27 heavy (non-hydrogen) atoms. The Kier molecular flexibility index (Phi) is 4.90. The second-order valence-electron chi connectivity index (χ2n) is 7.80. The number of aromatic nitrogens is 1. The fourth-order valence-corrected chi connectivity index (χ4v) is 5.43. The van der Waals surface area contributed by atoms with Crippen LogP contribution in [0.4, 0.5) is 0 Å². The quantitative estimate of drug-likeness (QED) is 0.870. The predicted molar refractivity (Wildman–Crippen MR) is 104 cm³/mol. The third-order valence-electron chi connectivity index (χ3n) is 6.07. The summed E-state index contributed by atoms with van der Waals surface area (Å²) in [6.45, 7) is 4.08. The van der Waals surface area contributed by atoms with E-state index in [0.717, 1.165) is 21.6 Å². The number of rotatable bonds is 4. The van der Waals surface area contributed by atoms with Crippen LogP contribution in [0.15, 0.2) is 24.3 Å². The number of carbonyl (C=O) groups is 2. The van der Waals surface area contributed by atoms with Crippen molar-refractivity contribution in [2.24, 2.45) is 11.3 Å². The normalized spacial score (nSPS) is 25.0. The highest BCUT2D eigenvalue weighted by Crippen LogP contribution is 2.42. The third-order valence-corrected chi connectivity index (χ3v) is 7.17. The minimum absolute atomic E-state index is 0.0170. The maximum Gasteiger partial charge on any atom is 0.223 e. The minimum Gasteiger partial charge on any atom is -0.396 e. The monoisotopic (exact) mass is 387 g/mol. The molecule has 6 nitrogen and oxygen atoms in total. The van der Waals surface area contributed by atoms with Crippen molar-refractivity contribution in [3.8, 4) is 0 Å². The van der Waals surface area contributed by atoms with Gasteiger partial charge in [-0.05, 0) is 24.5 Å². The fourth-order valence-electron chi connectivity index (χ4n) is 4.46. The molecule has 2 fully saturated rings. The number of likely N-dealkylation sites (tertiary alicyclic amines) is 2. The molecule has 0 saturated carbocycles. The zero-order valence-electron chi connectivity index (χ0n) is 15.6. The molecular weight excluding hydrogens is 362 g/mol. The van der Waals surface area contributed by atoms with Crippen LogP contribution in [-0.4, -0.2) is 64.5 Å². The summed E-state index contributed by atoms with van der Waals surface area (Å²) < 4.78 is 1.15. The van der Waals surface area contributed by atoms with E-state index < -0.39 is 0 Å². The number of aryl methyl sites for hydroxylation is 1. The van der Waals surface area contributed by atoms with E-state index in [1.165, 1.54) is 0 Å². The third kappa shape index (κ3) is 3.46. The summed E-state index contributed by atoms with van der Waals surface area (Å²) in [5.41, 5.74) is 0.621. The zero-order chi connectivity index (χ0) is 19.0. The van der Waals surface area contributed by atoms with Gasteiger partial charge >= 0.3 is 0 Å². The first-order valence-corrected chi connectivity index (χ1v) is 10.3. The molecule has 2 aliphatic rings. The molecule has 0 bridgehead atoms. The predicted octanol–water partition coefficient (Wildman–Crippen LogP) is 1.92. The van der Waals surface area contributed by atoms with E-state index in [0.29, 0.717) is 39.0 Å². The lowest BCUT2D eigenvalue weighted by atomic mass is 9.74. The second kappa shape index (κ2) is 7.20. The van der Waals surface area contributed by atoms with Crippen LogP contribution in [0.1, 0.15) is 24.8 Å². The second-order valence-corrected chi connectivity index (χ2v) is 8.91. The van der Waals surface area contributed by atoms with E-state index in [2.05, 4.69) is 11.1 Å². The van der Waals surface area contributed by atoms with E-state index in [1.807, 2.05) is 28.0 Å². The Bertz CT molecular complexity index is 834. The molecule has 0 unspecified atom stereocenters. The van der Waals surface area contributed by atoms with Crippen molar-refractivity contribution in [2.45, 2.75) is 26.2 Å². The summed E-state index contributed by atoms with van der Waals surface area (Å²) in [5.74, 6) is 0.437. The highest BCUT2D eigenvalue weighted by molar-refractivity contribution is 7.18. The Morgan fingerprint density at radius 1 is 1.30 bits per heavy atom. The number of hydrogen-bond acceptors (Lipinski definition) is 5. The smallest absolute Gasteiger partial charge is 0.223 e. The Balaban J connectivity index is 1.40. The number of piperidine rings is 1. The molecule has 7 heteroatoms. The number of para-hydroxylation sites is 1. The summed E-state index contributed by atoms with van der Waals surface area (Å²) in [6.07, 6.45) is 1.92. The van der Waals surface area contributed by atoms with Gasteiger partial charge < -0.3 is 14.9 Å². The van der Waals surface area contributed by atoms with Crippen molar-refractivity contribution in [3.63, 3.8) is 0 Å². The van der Waals surface area contributed by atoms with Crippen LogP contribution in [0.2, 0.25) is 0 Å². The SMILES string of the molecule is CC(=O)N1C[C@H]2CCN(C(=O)CCc3nc4ccccc4s3)C[C@@]2(CO)C1. The summed E-state index contributed by atoms with van der Waals surface area (Å²) in [6, 6.07) is 8.02. The molecule has 144 valence electrons. The lowest BCUT2D eigenvalue weighted by molar-refractivity contribution is -0.136. The molecule has 1 N–H and O–H groups in total. The van der Waals surface area contributed by atoms with Gasteiger partial charge in [0.05, 0.1) is 21.8 Å². The van der Waals surface area contributed by atoms with Gasteiger partial charge in [0.15, 0.2) is 0 Å². The number of nitrogens with zero attached hydrogens (tertiary/aromatic N) is 3. The molecule has 3 heterocycles. The van der Waals surface area contributed by atoms with E-state index >= 15 is 0 Å². The number of amides is 2. The Hall–Kier alpha value is -1.99. The number of thiazole rings is 1. The first kappa shape index (κ1) is 18.4. The average molecular weight is 388 g/mol. The molecular formula is C20H25N3O3S. The summed E-state index contributed by atoms with van der Waals surface area (Å²) in [7, 11) is 0. The number of hydrogen-bond donors (Lipinski definition) is 1. The number of aliphatic hydroxyl groups excluding tert-OH is 1. The van der Waals surface area contributed by atoms with Crippen LogP contribution < -0.4 is 0 Å². The standard InChI is InChI=1S/C20H25N3O3S/c1-14(25)23-10-15-8-9-22(11-20(15,12-23)13-24)19(26)7-6-18-21-16-4-2-3-5-17(16)27-18/h2-5,15,24H,6-13H2,1H3/t15-,20+/m1/s1. The number of benzene rings is 1. The molecule has 2 saturated heterocycles. The summed E-state index contributed by atoms with van der Waals surface area (Å²) >= 11 is 1.64. The van der Waals surface area contributed by atoms with Crippen molar-refractivity contribution >= 4 is 33.4 Å². The lowest BCUT2D eigenvalue weighted by Crippen LogP contribution is -2.52. The Labute approximate surface area is 162 Å². The van der Waals surface area contributed by atoms with E-state index in [1.54, 1.807) is 18.3 Å². The van der Waals surface area contributed by atoms with Gasteiger partial charge in [0.25, 0.3) is 0 Å². The number of aliphatic hydroxyl groups is 1. The molecule has 2 amide bonds. The van der Waals surface area contributed by atoms with Crippen molar-refractivity contribution in [1.82, 2.24) is 14.8 Å². The first-order chi connectivity index (χ1) is 13.0. The highest BCUT2D eigenvalue weighted by atomic mass is 32.1. The maximum absolute atomic E-state index is 12.8. The van der Waals surface area contributed by atoms with Gasteiger partial charge in [0.1, 0.15) is 0 Å². The zero-order valence-corrected chi connectivity index (χ0v) is 16.4. The lowest BCUT2D eigenvalue weighted by Gasteiger charge is -2.43. The van der Waals surface area contributed by atoms with E-state index in [-0.39, 0.29) is 29.8 Å². The molecule has 1 aromatic carbocycles. The van der Waals surface area contributed by atoms with Crippen molar-refractivity contribution in [3.05, 3.63) is 29.3 Å². The van der Waals surface area contributed by atoms with Gasteiger partial charge in [0, 0.05) is 51.4 Å². The van der Waals surface area contributed by atoms with Crippen LogP contribution in [0.5, 0.6) is 0 Å². The van der Waals surface area contributed by atoms with Crippen molar-refractivity contribution in [2.75, 3.05) is 32.8 Å². The van der Waals surface area contributed by atoms with E-state index in [9.17, 15) is 14.7 Å². The first-order valence-electron chi connectivity index (χ1n) is 9.49. The molecule has 2 aliphatic heterocycles.